The molecule has 0 aliphatic rings. The molecule has 1 aromatic carbocycles. The highest BCUT2D eigenvalue weighted by Gasteiger charge is 2.20. The number of fused-ring (bicyclic) bond motifs is 1. The van der Waals surface area contributed by atoms with Gasteiger partial charge in [0.1, 0.15) is 11.3 Å². The molecule has 6 nitrogen and oxygen atoms in total. The topological polar surface area (TPSA) is 67.5 Å². The van der Waals surface area contributed by atoms with E-state index in [1.54, 1.807) is 19.4 Å². The van der Waals surface area contributed by atoms with Crippen molar-refractivity contribution in [2.75, 3.05) is 20.6 Å². The molecule has 1 atom stereocenters. The SMILES string of the molecule is CN(C)[C@@H](CNC(=O)c1cc2ccccc2n(C)c1=O)c1ccco1. The number of amides is 1. The Morgan fingerprint density at radius 2 is 2.00 bits per heavy atom. The van der Waals surface area contributed by atoms with E-state index in [1.165, 1.54) is 4.57 Å². The van der Waals surface area contributed by atoms with Gasteiger partial charge in [0.05, 0.1) is 17.8 Å². The van der Waals surface area contributed by atoms with Crippen molar-refractivity contribution in [2.24, 2.45) is 7.05 Å². The Kier molecular flexibility index (Phi) is 4.72. The third-order valence-corrected chi connectivity index (χ3v) is 4.33. The number of nitrogens with zero attached hydrogens (tertiary/aromatic N) is 2. The number of aryl methyl sites for hydroxylation is 1. The molecule has 2 aromatic heterocycles. The summed E-state index contributed by atoms with van der Waals surface area (Å²) in [6, 6.07) is 12.7. The molecule has 0 unspecified atom stereocenters. The molecule has 3 rings (SSSR count). The molecule has 1 N–H and O–H groups in total. The maximum Gasteiger partial charge on any atom is 0.263 e. The first-order valence-electron chi connectivity index (χ1n) is 8.06. The van der Waals surface area contributed by atoms with Crippen molar-refractivity contribution in [2.45, 2.75) is 6.04 Å². The van der Waals surface area contributed by atoms with E-state index in [2.05, 4.69) is 5.32 Å². The summed E-state index contributed by atoms with van der Waals surface area (Å²) in [6.45, 7) is 0.343. The largest absolute Gasteiger partial charge is 0.468 e. The zero-order valence-corrected chi connectivity index (χ0v) is 14.5. The van der Waals surface area contributed by atoms with Crippen LogP contribution in [0.25, 0.3) is 10.9 Å². The van der Waals surface area contributed by atoms with Crippen LogP contribution in [0.3, 0.4) is 0 Å². The smallest absolute Gasteiger partial charge is 0.263 e. The molecule has 0 saturated heterocycles. The Morgan fingerprint density at radius 3 is 2.68 bits per heavy atom. The molecule has 6 heteroatoms. The molecule has 0 fully saturated rings. The first kappa shape index (κ1) is 17.0. The Morgan fingerprint density at radius 1 is 1.24 bits per heavy atom. The minimum Gasteiger partial charge on any atom is -0.468 e. The van der Waals surface area contributed by atoms with Crippen LogP contribution in [-0.4, -0.2) is 36.0 Å². The lowest BCUT2D eigenvalue weighted by atomic mass is 10.1. The van der Waals surface area contributed by atoms with E-state index in [4.69, 9.17) is 4.42 Å². The number of furan rings is 1. The molecule has 0 radical (unpaired) electrons. The van der Waals surface area contributed by atoms with Crippen molar-refractivity contribution in [1.82, 2.24) is 14.8 Å². The van der Waals surface area contributed by atoms with Crippen molar-refractivity contribution in [3.63, 3.8) is 0 Å². The van der Waals surface area contributed by atoms with E-state index < -0.39 is 0 Å². The van der Waals surface area contributed by atoms with Gasteiger partial charge in [0.25, 0.3) is 11.5 Å². The van der Waals surface area contributed by atoms with Crippen LogP contribution in [0.1, 0.15) is 22.2 Å². The maximum absolute atomic E-state index is 12.6. The lowest BCUT2D eigenvalue weighted by molar-refractivity contribution is 0.0937. The Labute approximate surface area is 145 Å². The molecule has 2 heterocycles. The second-order valence-electron chi connectivity index (χ2n) is 6.19. The lowest BCUT2D eigenvalue weighted by Gasteiger charge is -2.22. The quantitative estimate of drug-likeness (QED) is 0.773. The van der Waals surface area contributed by atoms with E-state index in [1.807, 2.05) is 55.4 Å². The molecular weight excluding hydrogens is 318 g/mol. The number of pyridine rings is 1. The zero-order chi connectivity index (χ0) is 18.0. The summed E-state index contributed by atoms with van der Waals surface area (Å²) in [6.07, 6.45) is 1.60. The van der Waals surface area contributed by atoms with E-state index in [9.17, 15) is 9.59 Å². The number of hydrogen-bond acceptors (Lipinski definition) is 4. The fourth-order valence-electron chi connectivity index (χ4n) is 2.89. The van der Waals surface area contributed by atoms with Crippen LogP contribution in [0.2, 0.25) is 0 Å². The summed E-state index contributed by atoms with van der Waals surface area (Å²) in [7, 11) is 5.50. The van der Waals surface area contributed by atoms with Crippen LogP contribution in [0.5, 0.6) is 0 Å². The number of benzene rings is 1. The fourth-order valence-corrected chi connectivity index (χ4v) is 2.89. The number of hydrogen-bond donors (Lipinski definition) is 1. The fraction of sp³-hybridized carbons (Fsp3) is 0.263. The zero-order valence-electron chi connectivity index (χ0n) is 14.5. The van der Waals surface area contributed by atoms with E-state index in [0.29, 0.717) is 6.54 Å². The predicted octanol–water partition coefficient (Wildman–Crippen LogP) is 2.16. The van der Waals surface area contributed by atoms with Gasteiger partial charge in [0, 0.05) is 13.6 Å². The van der Waals surface area contributed by atoms with Crippen molar-refractivity contribution >= 4 is 16.8 Å². The van der Waals surface area contributed by atoms with Crippen LogP contribution in [-0.2, 0) is 7.05 Å². The second kappa shape index (κ2) is 6.94. The van der Waals surface area contributed by atoms with Gasteiger partial charge in [-0.1, -0.05) is 18.2 Å². The highest BCUT2D eigenvalue weighted by Crippen LogP contribution is 2.18. The molecule has 1 amide bonds. The maximum atomic E-state index is 12.6. The molecule has 0 saturated carbocycles. The summed E-state index contributed by atoms with van der Waals surface area (Å²) in [5.74, 6) is 0.376. The number of rotatable bonds is 5. The molecule has 0 spiro atoms. The minimum atomic E-state index is -0.384. The summed E-state index contributed by atoms with van der Waals surface area (Å²) in [5.41, 5.74) is 0.625. The van der Waals surface area contributed by atoms with Crippen molar-refractivity contribution < 1.29 is 9.21 Å². The Hall–Kier alpha value is -2.86. The standard InChI is InChI=1S/C19H21N3O3/c1-21(2)16(17-9-6-10-25-17)12-20-18(23)14-11-13-7-4-5-8-15(13)22(3)19(14)24/h4-11,16H,12H2,1-3H3,(H,20,23)/t16-/m0/s1. The average molecular weight is 339 g/mol. The molecule has 25 heavy (non-hydrogen) atoms. The summed E-state index contributed by atoms with van der Waals surface area (Å²) >= 11 is 0. The number of likely N-dealkylation sites (N-methyl/N-ethyl adjacent to an activating group) is 1. The number of aromatic nitrogens is 1. The molecule has 0 bridgehead atoms. The summed E-state index contributed by atoms with van der Waals surface area (Å²) in [5, 5.41) is 3.70. The number of nitrogens with one attached hydrogen (secondary N) is 1. The van der Waals surface area contributed by atoms with Crippen molar-refractivity contribution in [1.29, 1.82) is 0 Å². The predicted molar refractivity (Wildman–Crippen MR) is 96.7 cm³/mol. The lowest BCUT2D eigenvalue weighted by Crippen LogP contribution is -2.37. The van der Waals surface area contributed by atoms with Gasteiger partial charge in [0.2, 0.25) is 0 Å². The van der Waals surface area contributed by atoms with E-state index >= 15 is 0 Å². The molecule has 130 valence electrons. The molecular formula is C19H21N3O3. The van der Waals surface area contributed by atoms with E-state index in [-0.39, 0.29) is 23.1 Å². The van der Waals surface area contributed by atoms with Crippen LogP contribution in [0.4, 0.5) is 0 Å². The van der Waals surface area contributed by atoms with Gasteiger partial charge < -0.3 is 14.3 Å². The molecule has 3 aromatic rings. The minimum absolute atomic E-state index is 0.108. The van der Waals surface area contributed by atoms with Gasteiger partial charge in [-0.3, -0.25) is 14.5 Å². The normalized spacial score (nSPS) is 12.5. The van der Waals surface area contributed by atoms with Crippen LogP contribution in [0, 0.1) is 0 Å². The van der Waals surface area contributed by atoms with Gasteiger partial charge >= 0.3 is 0 Å². The Bertz CT molecular complexity index is 942. The highest BCUT2D eigenvalue weighted by molar-refractivity contribution is 5.97. The van der Waals surface area contributed by atoms with E-state index in [0.717, 1.165) is 16.7 Å². The van der Waals surface area contributed by atoms with Gasteiger partial charge in [-0.25, -0.2) is 0 Å². The monoisotopic (exact) mass is 339 g/mol. The van der Waals surface area contributed by atoms with Gasteiger partial charge in [-0.15, -0.1) is 0 Å². The van der Waals surface area contributed by atoms with Gasteiger partial charge in [-0.05, 0) is 43.7 Å². The third-order valence-electron chi connectivity index (χ3n) is 4.33. The van der Waals surface area contributed by atoms with Crippen LogP contribution >= 0.6 is 0 Å². The summed E-state index contributed by atoms with van der Waals surface area (Å²) in [4.78, 5) is 27.0. The highest BCUT2D eigenvalue weighted by atomic mass is 16.3. The first-order chi connectivity index (χ1) is 12.0. The third kappa shape index (κ3) is 3.34. The summed E-state index contributed by atoms with van der Waals surface area (Å²) < 4.78 is 6.94. The second-order valence-corrected chi connectivity index (χ2v) is 6.19. The molecule has 0 aliphatic heterocycles. The van der Waals surface area contributed by atoms with Crippen molar-refractivity contribution in [3.05, 3.63) is 70.4 Å². The molecule has 0 aliphatic carbocycles. The van der Waals surface area contributed by atoms with Crippen LogP contribution < -0.4 is 10.9 Å². The number of carbonyl (C=O) groups excluding carboxylic acids is 1. The number of carbonyl (C=O) groups is 1. The van der Waals surface area contributed by atoms with Gasteiger partial charge in [-0.2, -0.15) is 0 Å². The van der Waals surface area contributed by atoms with Crippen LogP contribution in [0.15, 0.2) is 57.9 Å². The Balaban J connectivity index is 1.85. The average Bonchev–Trinajstić information content (AvgIpc) is 3.12. The number of para-hydroxylation sites is 1. The first-order valence-corrected chi connectivity index (χ1v) is 8.06. The van der Waals surface area contributed by atoms with Crippen molar-refractivity contribution in [3.8, 4) is 0 Å². The van der Waals surface area contributed by atoms with Gasteiger partial charge in [0.15, 0.2) is 0 Å².